The monoisotopic (exact) mass is 351 g/mol. The smallest absolute Gasteiger partial charge is 0.387 e. The molecule has 0 aliphatic carbocycles. The number of alkyl halides is 7. The molecule has 1 aromatic rings. The zero-order valence-electron chi connectivity index (χ0n) is 9.15. The number of hydrogen-bond acceptors (Lipinski definition) is 2. The molecule has 2 nitrogen and oxygen atoms in total. The zero-order valence-corrected chi connectivity index (χ0v) is 10.7. The van der Waals surface area contributed by atoms with Crippen LogP contribution in [-0.2, 0) is 5.67 Å². The predicted octanol–water partition coefficient (Wildman–Crippen LogP) is 3.99. The van der Waals surface area contributed by atoms with E-state index in [-0.39, 0.29) is 5.69 Å². The van der Waals surface area contributed by atoms with Crippen LogP contribution in [0.2, 0.25) is 0 Å². The molecule has 2 N–H and O–H groups in total. The van der Waals surface area contributed by atoms with Crippen molar-refractivity contribution < 1.29 is 31.1 Å². The second-order valence-electron chi connectivity index (χ2n) is 3.56. The fraction of sp³-hybridized carbons (Fsp3) is 0.400. The number of hydrogen-bond donors (Lipinski definition) is 1. The van der Waals surface area contributed by atoms with Crippen molar-refractivity contribution in [1.82, 2.24) is 0 Å². The lowest BCUT2D eigenvalue weighted by Gasteiger charge is -2.27. The number of halogens is 7. The van der Waals surface area contributed by atoms with Crippen LogP contribution in [0.15, 0.2) is 18.2 Å². The fourth-order valence-corrected chi connectivity index (χ4v) is 1.63. The molecule has 1 atom stereocenters. The standard InChI is InChI=1S/C10H8BrF6NO/c11-10(16,17)9(15,4-12)5-1-2-6(18)7(3-5)19-8(13)14/h1-3,8H,4,18H2. The Bertz CT molecular complexity index is 452. The predicted molar refractivity (Wildman–Crippen MR) is 60.1 cm³/mol. The zero-order chi connectivity index (χ0) is 14.8. The van der Waals surface area contributed by atoms with Gasteiger partial charge in [-0.15, -0.1) is 0 Å². The normalized spacial score (nSPS) is 15.4. The first-order valence-electron chi connectivity index (χ1n) is 4.78. The van der Waals surface area contributed by atoms with Crippen molar-refractivity contribution in [2.24, 2.45) is 0 Å². The number of nitrogen functional groups attached to an aromatic ring is 1. The average molecular weight is 352 g/mol. The molecule has 0 aliphatic heterocycles. The number of rotatable bonds is 5. The first-order chi connectivity index (χ1) is 8.61. The van der Waals surface area contributed by atoms with Gasteiger partial charge in [-0.3, -0.25) is 0 Å². The van der Waals surface area contributed by atoms with Crippen LogP contribution in [0.25, 0.3) is 0 Å². The molecule has 0 saturated heterocycles. The van der Waals surface area contributed by atoms with Crippen LogP contribution < -0.4 is 10.5 Å². The van der Waals surface area contributed by atoms with Gasteiger partial charge in [0, 0.05) is 5.56 Å². The first-order valence-corrected chi connectivity index (χ1v) is 5.57. The van der Waals surface area contributed by atoms with Crippen LogP contribution in [0.3, 0.4) is 0 Å². The Morgan fingerprint density at radius 3 is 2.26 bits per heavy atom. The number of benzene rings is 1. The maximum absolute atomic E-state index is 14.0. The van der Waals surface area contributed by atoms with Crippen LogP contribution in [-0.4, -0.2) is 18.1 Å². The van der Waals surface area contributed by atoms with E-state index in [9.17, 15) is 26.3 Å². The van der Waals surface area contributed by atoms with Crippen molar-refractivity contribution in [2.75, 3.05) is 12.4 Å². The minimum Gasteiger partial charge on any atom is -0.433 e. The number of nitrogens with two attached hydrogens (primary N) is 1. The Morgan fingerprint density at radius 1 is 1.26 bits per heavy atom. The Morgan fingerprint density at radius 2 is 1.84 bits per heavy atom. The molecule has 0 aliphatic rings. The van der Waals surface area contributed by atoms with Crippen molar-refractivity contribution in [3.8, 4) is 5.75 Å². The lowest BCUT2D eigenvalue weighted by Crippen LogP contribution is -2.39. The molecular formula is C10H8BrF6NO. The van der Waals surface area contributed by atoms with Gasteiger partial charge in [-0.25, -0.2) is 8.78 Å². The molecule has 108 valence electrons. The lowest BCUT2D eigenvalue weighted by molar-refractivity contribution is -0.0767. The Hall–Kier alpha value is -1.12. The molecule has 0 amide bonds. The molecule has 1 rings (SSSR count). The Kier molecular flexibility index (Phi) is 4.59. The summed E-state index contributed by atoms with van der Waals surface area (Å²) in [5.41, 5.74) is 0.347. The molecule has 19 heavy (non-hydrogen) atoms. The minimum absolute atomic E-state index is 0.317. The van der Waals surface area contributed by atoms with Gasteiger partial charge in [0.05, 0.1) is 5.69 Å². The quantitative estimate of drug-likeness (QED) is 0.494. The van der Waals surface area contributed by atoms with Crippen molar-refractivity contribution >= 4 is 21.6 Å². The van der Waals surface area contributed by atoms with Gasteiger partial charge in [0.15, 0.2) is 0 Å². The highest BCUT2D eigenvalue weighted by atomic mass is 79.9. The summed E-state index contributed by atoms with van der Waals surface area (Å²) in [5.74, 6) is -0.709. The van der Waals surface area contributed by atoms with E-state index < -0.39 is 35.1 Å². The minimum atomic E-state index is -4.23. The van der Waals surface area contributed by atoms with E-state index in [0.717, 1.165) is 12.1 Å². The largest absolute Gasteiger partial charge is 0.433 e. The third-order valence-corrected chi connectivity index (χ3v) is 2.95. The summed E-state index contributed by atoms with van der Waals surface area (Å²) in [6.45, 7) is -5.34. The van der Waals surface area contributed by atoms with E-state index in [2.05, 4.69) is 4.74 Å². The second-order valence-corrected chi connectivity index (χ2v) is 4.56. The average Bonchev–Trinajstić information content (AvgIpc) is 2.28. The molecule has 1 unspecified atom stereocenters. The molecular weight excluding hydrogens is 344 g/mol. The van der Waals surface area contributed by atoms with Gasteiger partial charge in [0.1, 0.15) is 12.4 Å². The van der Waals surface area contributed by atoms with Gasteiger partial charge < -0.3 is 10.5 Å². The second kappa shape index (κ2) is 5.48. The maximum atomic E-state index is 14.0. The van der Waals surface area contributed by atoms with E-state index in [4.69, 9.17) is 5.73 Å². The summed E-state index contributed by atoms with van der Waals surface area (Å²) in [4.78, 5) is -4.23. The van der Waals surface area contributed by atoms with Gasteiger partial charge in [0.25, 0.3) is 0 Å². The summed E-state index contributed by atoms with van der Waals surface area (Å²) in [5, 5.41) is 0. The summed E-state index contributed by atoms with van der Waals surface area (Å²) < 4.78 is 80.6. The Labute approximate surface area is 112 Å². The van der Waals surface area contributed by atoms with Gasteiger partial charge in [-0.1, -0.05) is 6.07 Å². The topological polar surface area (TPSA) is 35.2 Å². The third-order valence-electron chi connectivity index (χ3n) is 2.32. The molecule has 0 aromatic heterocycles. The van der Waals surface area contributed by atoms with Crippen molar-refractivity contribution in [3.63, 3.8) is 0 Å². The van der Waals surface area contributed by atoms with E-state index in [1.165, 1.54) is 0 Å². The van der Waals surface area contributed by atoms with Crippen molar-refractivity contribution in [1.29, 1.82) is 0 Å². The molecule has 9 heteroatoms. The summed E-state index contributed by atoms with van der Waals surface area (Å²) >= 11 is 1.72. The third kappa shape index (κ3) is 3.26. The summed E-state index contributed by atoms with van der Waals surface area (Å²) in [7, 11) is 0. The highest BCUT2D eigenvalue weighted by Gasteiger charge is 2.55. The van der Waals surface area contributed by atoms with Gasteiger partial charge in [-0.2, -0.15) is 17.6 Å². The van der Waals surface area contributed by atoms with E-state index in [1.54, 1.807) is 15.9 Å². The molecule has 0 heterocycles. The van der Waals surface area contributed by atoms with Crippen molar-refractivity contribution in [3.05, 3.63) is 23.8 Å². The van der Waals surface area contributed by atoms with Crippen molar-refractivity contribution in [2.45, 2.75) is 17.1 Å². The van der Waals surface area contributed by atoms with Crippen LogP contribution in [0.4, 0.5) is 32.0 Å². The molecule has 0 fully saturated rings. The molecule has 1 aromatic carbocycles. The maximum Gasteiger partial charge on any atom is 0.387 e. The molecule has 0 bridgehead atoms. The fourth-order valence-electron chi connectivity index (χ4n) is 1.30. The number of anilines is 1. The van der Waals surface area contributed by atoms with E-state index in [0.29, 0.717) is 6.07 Å². The lowest BCUT2D eigenvalue weighted by atomic mass is 9.97. The van der Waals surface area contributed by atoms with E-state index >= 15 is 0 Å². The first kappa shape index (κ1) is 15.9. The van der Waals surface area contributed by atoms with Gasteiger partial charge >= 0.3 is 11.4 Å². The van der Waals surface area contributed by atoms with E-state index in [1.807, 2.05) is 0 Å². The van der Waals surface area contributed by atoms with Crippen LogP contribution in [0.1, 0.15) is 5.56 Å². The Balaban J connectivity index is 3.27. The molecule has 0 saturated carbocycles. The molecule has 0 radical (unpaired) electrons. The van der Waals surface area contributed by atoms with Gasteiger partial charge in [0.2, 0.25) is 5.67 Å². The van der Waals surface area contributed by atoms with Gasteiger partial charge in [-0.05, 0) is 28.1 Å². The number of ether oxygens (including phenoxy) is 1. The summed E-state index contributed by atoms with van der Waals surface area (Å²) in [6.07, 6.45) is 0. The van der Waals surface area contributed by atoms with Crippen LogP contribution in [0, 0.1) is 0 Å². The summed E-state index contributed by atoms with van der Waals surface area (Å²) in [6, 6.07) is 2.15. The highest BCUT2D eigenvalue weighted by molar-refractivity contribution is 9.10. The highest BCUT2D eigenvalue weighted by Crippen LogP contribution is 2.47. The molecule has 0 spiro atoms. The van der Waals surface area contributed by atoms with Crippen LogP contribution in [0.5, 0.6) is 5.75 Å². The van der Waals surface area contributed by atoms with Crippen LogP contribution >= 0.6 is 15.9 Å². The SMILES string of the molecule is Nc1ccc(C(F)(CF)C(F)(F)Br)cc1OC(F)F.